The molecule has 0 bridgehead atoms. The van der Waals surface area contributed by atoms with E-state index in [1.165, 1.54) is 38.5 Å². The van der Waals surface area contributed by atoms with Crippen LogP contribution in [0.2, 0.25) is 0 Å². The van der Waals surface area contributed by atoms with E-state index in [4.69, 9.17) is 0 Å². The van der Waals surface area contributed by atoms with Gasteiger partial charge in [-0.2, -0.15) is 0 Å². The summed E-state index contributed by atoms with van der Waals surface area (Å²) in [5.74, 6) is 0.496. The SMILES string of the molecule is CCN(CC)c1ccc(NC(=O)c2cnc(NC3CCCCCC3)cn2)cc1. The minimum absolute atomic E-state index is 0.246. The lowest BCUT2D eigenvalue weighted by atomic mass is 10.1. The summed E-state index contributed by atoms with van der Waals surface area (Å²) in [7, 11) is 0. The van der Waals surface area contributed by atoms with E-state index in [1.807, 2.05) is 24.3 Å². The lowest BCUT2D eigenvalue weighted by molar-refractivity contribution is 0.102. The van der Waals surface area contributed by atoms with E-state index in [0.717, 1.165) is 30.3 Å². The lowest BCUT2D eigenvalue weighted by Crippen LogP contribution is -2.21. The van der Waals surface area contributed by atoms with Crippen molar-refractivity contribution in [1.82, 2.24) is 9.97 Å². The Morgan fingerprint density at radius 1 is 1.00 bits per heavy atom. The van der Waals surface area contributed by atoms with E-state index < -0.39 is 0 Å². The third kappa shape index (κ3) is 5.44. The van der Waals surface area contributed by atoms with Crippen LogP contribution in [-0.2, 0) is 0 Å². The molecule has 1 heterocycles. The molecule has 6 heteroatoms. The molecule has 1 aliphatic rings. The Bertz CT molecular complexity index is 733. The molecule has 0 aliphatic heterocycles. The number of rotatable bonds is 7. The maximum absolute atomic E-state index is 12.4. The average molecular weight is 382 g/mol. The first-order valence-electron chi connectivity index (χ1n) is 10.4. The van der Waals surface area contributed by atoms with E-state index in [2.05, 4.69) is 39.3 Å². The maximum Gasteiger partial charge on any atom is 0.275 e. The summed E-state index contributed by atoms with van der Waals surface area (Å²) in [5.41, 5.74) is 2.22. The standard InChI is InChI=1S/C22H31N5O/c1-3-27(4-2)19-13-11-18(12-14-19)26-22(28)20-15-24-21(16-23-20)25-17-9-7-5-6-8-10-17/h11-17H,3-10H2,1-2H3,(H,24,25)(H,26,28). The third-order valence-electron chi connectivity index (χ3n) is 5.35. The highest BCUT2D eigenvalue weighted by Crippen LogP contribution is 2.20. The summed E-state index contributed by atoms with van der Waals surface area (Å²) in [5, 5.41) is 6.34. The highest BCUT2D eigenvalue weighted by Gasteiger charge is 2.14. The number of carbonyl (C=O) groups is 1. The predicted molar refractivity (Wildman–Crippen MR) is 115 cm³/mol. The Morgan fingerprint density at radius 3 is 2.25 bits per heavy atom. The molecule has 2 aromatic rings. The monoisotopic (exact) mass is 381 g/mol. The van der Waals surface area contributed by atoms with Crippen molar-refractivity contribution in [2.45, 2.75) is 58.4 Å². The summed E-state index contributed by atoms with van der Waals surface area (Å²) >= 11 is 0. The third-order valence-corrected chi connectivity index (χ3v) is 5.35. The Balaban J connectivity index is 1.57. The number of benzene rings is 1. The van der Waals surface area contributed by atoms with Crippen LogP contribution >= 0.6 is 0 Å². The van der Waals surface area contributed by atoms with Gasteiger partial charge >= 0.3 is 0 Å². The van der Waals surface area contributed by atoms with Crippen molar-refractivity contribution in [2.75, 3.05) is 28.6 Å². The van der Waals surface area contributed by atoms with Crippen LogP contribution in [0, 0.1) is 0 Å². The van der Waals surface area contributed by atoms with Crippen molar-refractivity contribution in [3.05, 3.63) is 42.4 Å². The Morgan fingerprint density at radius 2 is 1.68 bits per heavy atom. The van der Waals surface area contributed by atoms with Gasteiger partial charge in [-0.1, -0.05) is 25.7 Å². The molecule has 0 atom stereocenters. The molecule has 1 fully saturated rings. The summed E-state index contributed by atoms with van der Waals surface area (Å²) in [6.07, 6.45) is 10.7. The molecule has 0 spiro atoms. The summed E-state index contributed by atoms with van der Waals surface area (Å²) in [6, 6.07) is 8.34. The van der Waals surface area contributed by atoms with Gasteiger partial charge in [0.15, 0.2) is 0 Å². The number of hydrogen-bond donors (Lipinski definition) is 2. The van der Waals surface area contributed by atoms with Gasteiger partial charge in [0.05, 0.1) is 12.4 Å². The average Bonchev–Trinajstić information content (AvgIpc) is 2.99. The van der Waals surface area contributed by atoms with Crippen LogP contribution in [-0.4, -0.2) is 35.0 Å². The lowest BCUT2D eigenvalue weighted by Gasteiger charge is -2.21. The van der Waals surface area contributed by atoms with Gasteiger partial charge < -0.3 is 15.5 Å². The highest BCUT2D eigenvalue weighted by molar-refractivity contribution is 6.02. The molecular formula is C22H31N5O. The van der Waals surface area contributed by atoms with E-state index in [1.54, 1.807) is 12.4 Å². The number of carbonyl (C=O) groups excluding carboxylic acids is 1. The molecule has 1 amide bonds. The van der Waals surface area contributed by atoms with Gasteiger partial charge in [-0.05, 0) is 51.0 Å². The van der Waals surface area contributed by atoms with Crippen LogP contribution in [0.5, 0.6) is 0 Å². The molecule has 150 valence electrons. The molecule has 1 aromatic carbocycles. The normalized spacial score (nSPS) is 14.9. The van der Waals surface area contributed by atoms with E-state index in [-0.39, 0.29) is 5.91 Å². The van der Waals surface area contributed by atoms with Crippen molar-refractivity contribution in [1.29, 1.82) is 0 Å². The Labute approximate surface area is 167 Å². The van der Waals surface area contributed by atoms with Crippen molar-refractivity contribution < 1.29 is 4.79 Å². The molecule has 0 radical (unpaired) electrons. The zero-order valence-corrected chi connectivity index (χ0v) is 16.9. The molecule has 3 rings (SSSR count). The molecule has 0 unspecified atom stereocenters. The fourth-order valence-corrected chi connectivity index (χ4v) is 3.69. The van der Waals surface area contributed by atoms with E-state index in [9.17, 15) is 4.79 Å². The molecule has 6 nitrogen and oxygen atoms in total. The number of nitrogens with one attached hydrogen (secondary N) is 2. The first kappa shape index (κ1) is 20.1. The number of aromatic nitrogens is 2. The van der Waals surface area contributed by atoms with Crippen molar-refractivity contribution in [2.24, 2.45) is 0 Å². The summed E-state index contributed by atoms with van der Waals surface area (Å²) in [6.45, 7) is 6.18. The second kappa shape index (κ2) is 10.1. The molecule has 1 saturated carbocycles. The number of amides is 1. The zero-order chi connectivity index (χ0) is 19.8. The number of hydrogen-bond acceptors (Lipinski definition) is 5. The van der Waals surface area contributed by atoms with E-state index in [0.29, 0.717) is 11.7 Å². The fraction of sp³-hybridized carbons (Fsp3) is 0.500. The van der Waals surface area contributed by atoms with Crippen LogP contribution < -0.4 is 15.5 Å². The van der Waals surface area contributed by atoms with Crippen LogP contribution in [0.15, 0.2) is 36.7 Å². The second-order valence-electron chi connectivity index (χ2n) is 7.29. The summed E-state index contributed by atoms with van der Waals surface area (Å²) in [4.78, 5) is 23.4. The smallest absolute Gasteiger partial charge is 0.275 e. The second-order valence-corrected chi connectivity index (χ2v) is 7.29. The van der Waals surface area contributed by atoms with Crippen LogP contribution in [0.25, 0.3) is 0 Å². The van der Waals surface area contributed by atoms with Crippen molar-refractivity contribution in [3.63, 3.8) is 0 Å². The molecular weight excluding hydrogens is 350 g/mol. The minimum Gasteiger partial charge on any atom is -0.372 e. The largest absolute Gasteiger partial charge is 0.372 e. The van der Waals surface area contributed by atoms with Gasteiger partial charge in [0.2, 0.25) is 0 Å². The van der Waals surface area contributed by atoms with Gasteiger partial charge in [0.25, 0.3) is 5.91 Å². The van der Waals surface area contributed by atoms with Crippen LogP contribution in [0.1, 0.15) is 62.9 Å². The molecule has 0 saturated heterocycles. The molecule has 1 aromatic heterocycles. The summed E-state index contributed by atoms with van der Waals surface area (Å²) < 4.78 is 0. The van der Waals surface area contributed by atoms with Gasteiger partial charge in [-0.25, -0.2) is 9.97 Å². The molecule has 2 N–H and O–H groups in total. The van der Waals surface area contributed by atoms with Gasteiger partial charge in [-0.15, -0.1) is 0 Å². The van der Waals surface area contributed by atoms with E-state index >= 15 is 0 Å². The first-order chi connectivity index (χ1) is 13.7. The van der Waals surface area contributed by atoms with Crippen molar-refractivity contribution >= 4 is 23.1 Å². The first-order valence-corrected chi connectivity index (χ1v) is 10.4. The van der Waals surface area contributed by atoms with Crippen molar-refractivity contribution in [3.8, 4) is 0 Å². The quantitative estimate of drug-likeness (QED) is 0.680. The Kier molecular flexibility index (Phi) is 7.23. The number of nitrogens with zero attached hydrogens (tertiary/aromatic N) is 3. The van der Waals surface area contributed by atoms with Gasteiger partial charge in [0, 0.05) is 30.5 Å². The Hall–Kier alpha value is -2.63. The molecule has 1 aliphatic carbocycles. The minimum atomic E-state index is -0.246. The van der Waals surface area contributed by atoms with Gasteiger partial charge in [-0.3, -0.25) is 4.79 Å². The molecule has 28 heavy (non-hydrogen) atoms. The zero-order valence-electron chi connectivity index (χ0n) is 16.9. The van der Waals surface area contributed by atoms with Gasteiger partial charge in [0.1, 0.15) is 11.5 Å². The fourth-order valence-electron chi connectivity index (χ4n) is 3.69. The maximum atomic E-state index is 12.4. The number of anilines is 3. The predicted octanol–water partition coefficient (Wildman–Crippen LogP) is 4.71. The highest BCUT2D eigenvalue weighted by atomic mass is 16.1. The van der Waals surface area contributed by atoms with Crippen LogP contribution in [0.4, 0.5) is 17.2 Å². The topological polar surface area (TPSA) is 70.2 Å². The van der Waals surface area contributed by atoms with Crippen LogP contribution in [0.3, 0.4) is 0 Å².